The molecule has 29 heavy (non-hydrogen) atoms. The average molecular weight is 419 g/mol. The van der Waals surface area contributed by atoms with Crippen LogP contribution >= 0.6 is 0 Å². The molecule has 2 fully saturated rings. The number of hydrogen-bond donors (Lipinski definition) is 1. The Morgan fingerprint density at radius 1 is 1.14 bits per heavy atom. The highest BCUT2D eigenvalue weighted by molar-refractivity contribution is 7.91. The highest BCUT2D eigenvalue weighted by atomic mass is 32.2. The Morgan fingerprint density at radius 3 is 2.66 bits per heavy atom. The number of nitrogens with one attached hydrogen (secondary N) is 1. The molecule has 8 nitrogen and oxygen atoms in total. The summed E-state index contributed by atoms with van der Waals surface area (Å²) in [7, 11) is -2.84. The van der Waals surface area contributed by atoms with Crippen LogP contribution in [0.5, 0.6) is 0 Å². The highest BCUT2D eigenvalue weighted by Crippen LogP contribution is 2.33. The van der Waals surface area contributed by atoms with Crippen LogP contribution in [0.4, 0.5) is 4.39 Å². The first-order chi connectivity index (χ1) is 14.0. The number of H-pyrrole nitrogens is 1. The van der Waals surface area contributed by atoms with Crippen LogP contribution in [0.3, 0.4) is 0 Å². The van der Waals surface area contributed by atoms with Gasteiger partial charge in [-0.3, -0.25) is 5.10 Å². The fraction of sp³-hybridized carbons (Fsp3) is 0.526. The highest BCUT2D eigenvalue weighted by Gasteiger charge is 2.32. The van der Waals surface area contributed by atoms with Crippen LogP contribution in [0.1, 0.15) is 37.5 Å². The minimum Gasteiger partial charge on any atom is -0.339 e. The number of benzene rings is 1. The van der Waals surface area contributed by atoms with Crippen molar-refractivity contribution in [2.75, 3.05) is 24.6 Å². The molecule has 2 aliphatic heterocycles. The van der Waals surface area contributed by atoms with Crippen LogP contribution < -0.4 is 0 Å². The molecular weight excluding hydrogens is 397 g/mol. The molecule has 3 aromatic rings. The number of hydrogen-bond acceptors (Lipinski definition) is 7. The Balaban J connectivity index is 1.29. The van der Waals surface area contributed by atoms with Gasteiger partial charge >= 0.3 is 0 Å². The number of rotatable bonds is 3. The van der Waals surface area contributed by atoms with Gasteiger partial charge in [-0.15, -0.1) is 0 Å². The normalized spacial score (nSPS) is 21.7. The summed E-state index contributed by atoms with van der Waals surface area (Å²) in [5.41, 5.74) is 1.02. The zero-order chi connectivity index (χ0) is 20.0. The van der Waals surface area contributed by atoms with E-state index in [-0.39, 0.29) is 23.2 Å². The number of halogens is 1. The van der Waals surface area contributed by atoms with Gasteiger partial charge in [0.05, 0.1) is 28.8 Å². The summed E-state index contributed by atoms with van der Waals surface area (Å²) in [6.45, 7) is 1.75. The first kappa shape index (κ1) is 18.7. The van der Waals surface area contributed by atoms with Gasteiger partial charge in [0.25, 0.3) is 0 Å². The third-order valence-electron chi connectivity index (χ3n) is 6.16. The van der Waals surface area contributed by atoms with Gasteiger partial charge in [-0.25, -0.2) is 12.8 Å². The van der Waals surface area contributed by atoms with E-state index in [1.807, 2.05) is 0 Å². The molecule has 0 spiro atoms. The molecule has 0 bridgehead atoms. The van der Waals surface area contributed by atoms with Gasteiger partial charge in [0, 0.05) is 17.3 Å². The van der Waals surface area contributed by atoms with Crippen LogP contribution in [0.15, 0.2) is 22.9 Å². The van der Waals surface area contributed by atoms with Crippen molar-refractivity contribution in [1.82, 2.24) is 25.2 Å². The standard InChI is InChI=1S/C19H22FN5O3S/c20-15-1-2-16-14(11-21-23-16)17(15)18-22-19(28-24-18)12-3-7-25(8-4-12)13-5-9-29(26,27)10-6-13/h1-2,11-13H,3-10H2,(H,21,23). The molecule has 0 amide bonds. The summed E-state index contributed by atoms with van der Waals surface area (Å²) >= 11 is 0. The molecule has 0 aliphatic carbocycles. The van der Waals surface area contributed by atoms with Crippen LogP contribution in [0, 0.1) is 5.82 Å². The van der Waals surface area contributed by atoms with Crippen molar-refractivity contribution in [3.63, 3.8) is 0 Å². The van der Waals surface area contributed by atoms with Crippen molar-refractivity contribution < 1.29 is 17.3 Å². The third-order valence-corrected chi connectivity index (χ3v) is 7.87. The molecule has 2 saturated heterocycles. The summed E-state index contributed by atoms with van der Waals surface area (Å²) in [6.07, 6.45) is 4.72. The van der Waals surface area contributed by atoms with E-state index in [0.29, 0.717) is 35.7 Å². The maximum atomic E-state index is 14.4. The van der Waals surface area contributed by atoms with Gasteiger partial charge < -0.3 is 9.42 Å². The second-order valence-corrected chi connectivity index (χ2v) is 10.2. The van der Waals surface area contributed by atoms with E-state index >= 15 is 0 Å². The molecule has 0 unspecified atom stereocenters. The lowest BCUT2D eigenvalue weighted by Crippen LogP contribution is -2.45. The Hall–Kier alpha value is -2.33. The molecule has 0 saturated carbocycles. The van der Waals surface area contributed by atoms with Crippen molar-refractivity contribution in [1.29, 1.82) is 0 Å². The second kappa shape index (κ2) is 7.17. The lowest BCUT2D eigenvalue weighted by atomic mass is 9.94. The SMILES string of the molecule is O=S1(=O)CCC(N2CCC(c3nc(-c4c(F)ccc5[nH]ncc45)no3)CC2)CC1. The molecule has 10 heteroatoms. The lowest BCUT2D eigenvalue weighted by Gasteiger charge is -2.38. The van der Waals surface area contributed by atoms with Crippen LogP contribution in [0.2, 0.25) is 0 Å². The summed E-state index contributed by atoms with van der Waals surface area (Å²) in [5, 5.41) is 11.4. The Morgan fingerprint density at radius 2 is 1.90 bits per heavy atom. The molecular formula is C19H22FN5O3S. The maximum Gasteiger partial charge on any atom is 0.230 e. The van der Waals surface area contributed by atoms with Crippen LogP contribution in [-0.2, 0) is 9.84 Å². The maximum absolute atomic E-state index is 14.4. The van der Waals surface area contributed by atoms with E-state index in [9.17, 15) is 12.8 Å². The minimum atomic E-state index is -2.84. The fourth-order valence-electron chi connectivity index (χ4n) is 4.48. The number of likely N-dealkylation sites (tertiary alicyclic amines) is 1. The monoisotopic (exact) mass is 419 g/mol. The molecule has 1 aromatic carbocycles. The Kier molecular flexibility index (Phi) is 4.62. The number of nitrogens with zero attached hydrogens (tertiary/aromatic N) is 4. The summed E-state index contributed by atoms with van der Waals surface area (Å²) in [4.78, 5) is 6.88. The van der Waals surface area contributed by atoms with E-state index < -0.39 is 15.7 Å². The first-order valence-corrected chi connectivity index (χ1v) is 11.7. The summed E-state index contributed by atoms with van der Waals surface area (Å²) < 4.78 is 43.2. The zero-order valence-electron chi connectivity index (χ0n) is 15.8. The van der Waals surface area contributed by atoms with Gasteiger partial charge in [-0.2, -0.15) is 10.1 Å². The van der Waals surface area contributed by atoms with E-state index in [1.54, 1.807) is 12.3 Å². The average Bonchev–Trinajstić information content (AvgIpc) is 3.38. The van der Waals surface area contributed by atoms with Crippen molar-refractivity contribution >= 4 is 20.7 Å². The number of fused-ring (bicyclic) bond motifs is 1. The molecule has 5 rings (SSSR count). The van der Waals surface area contributed by atoms with Gasteiger partial charge in [0.2, 0.25) is 11.7 Å². The zero-order valence-corrected chi connectivity index (χ0v) is 16.7. The number of aromatic amines is 1. The largest absolute Gasteiger partial charge is 0.339 e. The lowest BCUT2D eigenvalue weighted by molar-refractivity contribution is 0.134. The smallest absolute Gasteiger partial charge is 0.230 e. The van der Waals surface area contributed by atoms with Crippen molar-refractivity contribution in [3.8, 4) is 11.4 Å². The third kappa shape index (κ3) is 3.55. The summed E-state index contributed by atoms with van der Waals surface area (Å²) in [6, 6.07) is 3.34. The number of piperidine rings is 1. The predicted molar refractivity (Wildman–Crippen MR) is 105 cm³/mol. The van der Waals surface area contributed by atoms with Crippen molar-refractivity contribution in [3.05, 3.63) is 30.0 Å². The van der Waals surface area contributed by atoms with E-state index in [1.165, 1.54) is 6.07 Å². The minimum absolute atomic E-state index is 0.131. The van der Waals surface area contributed by atoms with Gasteiger partial charge in [-0.1, -0.05) is 5.16 Å². The fourth-order valence-corrected chi connectivity index (χ4v) is 5.94. The van der Waals surface area contributed by atoms with Gasteiger partial charge in [0.15, 0.2) is 0 Å². The van der Waals surface area contributed by atoms with E-state index in [0.717, 1.165) is 31.4 Å². The quantitative estimate of drug-likeness (QED) is 0.695. The topological polar surface area (TPSA) is 105 Å². The predicted octanol–water partition coefficient (Wildman–Crippen LogP) is 2.51. The molecule has 0 radical (unpaired) electrons. The molecule has 4 heterocycles. The van der Waals surface area contributed by atoms with Gasteiger partial charge in [-0.05, 0) is 50.9 Å². The Bertz CT molecular complexity index is 1120. The molecule has 1 N–H and O–H groups in total. The summed E-state index contributed by atoms with van der Waals surface area (Å²) in [5.74, 6) is 1.07. The van der Waals surface area contributed by atoms with Crippen LogP contribution in [-0.4, -0.2) is 64.3 Å². The second-order valence-electron chi connectivity index (χ2n) is 7.90. The molecule has 154 valence electrons. The van der Waals surface area contributed by atoms with E-state index in [4.69, 9.17) is 4.52 Å². The van der Waals surface area contributed by atoms with Crippen LogP contribution in [0.25, 0.3) is 22.3 Å². The van der Waals surface area contributed by atoms with Crippen molar-refractivity contribution in [2.45, 2.75) is 37.6 Å². The number of sulfone groups is 1. The van der Waals surface area contributed by atoms with Crippen molar-refractivity contribution in [2.24, 2.45) is 0 Å². The molecule has 0 atom stereocenters. The first-order valence-electron chi connectivity index (χ1n) is 9.90. The number of aromatic nitrogens is 4. The van der Waals surface area contributed by atoms with E-state index in [2.05, 4.69) is 25.2 Å². The molecule has 2 aliphatic rings. The Labute approximate surface area is 167 Å². The molecule has 2 aromatic heterocycles. The van der Waals surface area contributed by atoms with Gasteiger partial charge in [0.1, 0.15) is 15.7 Å².